The van der Waals surface area contributed by atoms with Crippen molar-refractivity contribution in [3.63, 3.8) is 0 Å². The van der Waals surface area contributed by atoms with E-state index in [-0.39, 0.29) is 0 Å². The second kappa shape index (κ2) is 3.94. The molecule has 0 N–H and O–H groups in total. The van der Waals surface area contributed by atoms with Gasteiger partial charge in [0.05, 0.1) is 12.2 Å². The molecule has 2 nitrogen and oxygen atoms in total. The summed E-state index contributed by atoms with van der Waals surface area (Å²) < 4.78 is 10.6. The van der Waals surface area contributed by atoms with Crippen molar-refractivity contribution < 1.29 is 9.47 Å². The summed E-state index contributed by atoms with van der Waals surface area (Å²) >= 11 is 0. The van der Waals surface area contributed by atoms with Gasteiger partial charge in [0.25, 0.3) is 0 Å². The fourth-order valence-electron chi connectivity index (χ4n) is 1.28. The van der Waals surface area contributed by atoms with Crippen LogP contribution in [0.25, 0.3) is 0 Å². The molecule has 1 fully saturated rings. The highest BCUT2D eigenvalue weighted by atomic mass is 16.7. The molecule has 1 rings (SSSR count). The Morgan fingerprint density at radius 2 is 2.20 bits per heavy atom. The average molecular weight is 144 g/mol. The maximum absolute atomic E-state index is 5.37. The van der Waals surface area contributed by atoms with Crippen LogP contribution in [0.15, 0.2) is 0 Å². The van der Waals surface area contributed by atoms with Gasteiger partial charge >= 0.3 is 0 Å². The summed E-state index contributed by atoms with van der Waals surface area (Å²) in [4.78, 5) is 0. The van der Waals surface area contributed by atoms with Crippen LogP contribution in [0.3, 0.4) is 0 Å². The van der Waals surface area contributed by atoms with Crippen molar-refractivity contribution in [3.05, 3.63) is 0 Å². The highest BCUT2D eigenvalue weighted by Gasteiger charge is 2.18. The summed E-state index contributed by atoms with van der Waals surface area (Å²) in [6.45, 7) is 4.78. The molecule has 0 aliphatic carbocycles. The fraction of sp³-hybridized carbons (Fsp3) is 1.00. The van der Waals surface area contributed by atoms with E-state index >= 15 is 0 Å². The van der Waals surface area contributed by atoms with Gasteiger partial charge in [-0.2, -0.15) is 0 Å². The first-order valence-corrected chi connectivity index (χ1v) is 4.06. The van der Waals surface area contributed by atoms with Crippen molar-refractivity contribution >= 4 is 0 Å². The lowest BCUT2D eigenvalue weighted by Crippen LogP contribution is -2.29. The first-order chi connectivity index (χ1) is 4.83. The predicted octanol–water partition coefficient (Wildman–Crippen LogP) is 1.94. The number of hydrogen-bond donors (Lipinski definition) is 0. The van der Waals surface area contributed by atoms with E-state index in [4.69, 9.17) is 9.47 Å². The van der Waals surface area contributed by atoms with Crippen LogP contribution in [0.2, 0.25) is 0 Å². The third-order valence-electron chi connectivity index (χ3n) is 1.86. The minimum Gasteiger partial charge on any atom is -0.352 e. The second-order valence-corrected chi connectivity index (χ2v) is 2.91. The van der Waals surface area contributed by atoms with Gasteiger partial charge in [0, 0.05) is 0 Å². The summed E-state index contributed by atoms with van der Waals surface area (Å²) in [6, 6.07) is 0. The molecule has 1 aliphatic rings. The molecule has 2 atom stereocenters. The second-order valence-electron chi connectivity index (χ2n) is 2.91. The highest BCUT2D eigenvalue weighted by Crippen LogP contribution is 2.16. The van der Waals surface area contributed by atoms with Gasteiger partial charge in [-0.25, -0.2) is 0 Å². The van der Waals surface area contributed by atoms with Crippen LogP contribution in [-0.2, 0) is 9.47 Å². The quantitative estimate of drug-likeness (QED) is 0.589. The molecule has 0 aromatic rings. The van der Waals surface area contributed by atoms with Crippen molar-refractivity contribution in [1.29, 1.82) is 0 Å². The lowest BCUT2D eigenvalue weighted by Gasteiger charge is -2.27. The fourth-order valence-corrected chi connectivity index (χ4v) is 1.28. The molecule has 0 bridgehead atoms. The third-order valence-corrected chi connectivity index (χ3v) is 1.86. The molecule has 10 heavy (non-hydrogen) atoms. The minimum absolute atomic E-state index is 0.394. The van der Waals surface area contributed by atoms with Gasteiger partial charge in [0.2, 0.25) is 0 Å². The van der Waals surface area contributed by atoms with Gasteiger partial charge in [0.15, 0.2) is 0 Å². The lowest BCUT2D eigenvalue weighted by atomic mass is 10.1. The van der Waals surface area contributed by atoms with Gasteiger partial charge in [0.1, 0.15) is 6.79 Å². The Labute approximate surface area is 62.5 Å². The predicted molar refractivity (Wildman–Crippen MR) is 39.8 cm³/mol. The standard InChI is InChI=1S/C8H16O2/c1-3-4-8-5-7(2)9-6-10-8/h7-8H,3-6H2,1-2H3/t7-,8+/m0/s1. The highest BCUT2D eigenvalue weighted by molar-refractivity contribution is 4.64. The Kier molecular flexibility index (Phi) is 3.16. The largest absolute Gasteiger partial charge is 0.352 e. The van der Waals surface area contributed by atoms with Crippen LogP contribution in [0.1, 0.15) is 33.1 Å². The maximum atomic E-state index is 5.37. The molecule has 0 aromatic carbocycles. The van der Waals surface area contributed by atoms with Crippen LogP contribution in [0, 0.1) is 0 Å². The van der Waals surface area contributed by atoms with Crippen LogP contribution in [0.5, 0.6) is 0 Å². The van der Waals surface area contributed by atoms with Gasteiger partial charge in [-0.1, -0.05) is 13.3 Å². The molecular weight excluding hydrogens is 128 g/mol. The van der Waals surface area contributed by atoms with Crippen LogP contribution in [0.4, 0.5) is 0 Å². The molecule has 0 spiro atoms. The van der Waals surface area contributed by atoms with E-state index in [1.165, 1.54) is 12.8 Å². The summed E-state index contributed by atoms with van der Waals surface area (Å²) in [6.07, 6.45) is 4.29. The molecule has 0 amide bonds. The van der Waals surface area contributed by atoms with Gasteiger partial charge in [-0.3, -0.25) is 0 Å². The van der Waals surface area contributed by atoms with Crippen molar-refractivity contribution in [2.75, 3.05) is 6.79 Å². The van der Waals surface area contributed by atoms with Crippen molar-refractivity contribution in [2.24, 2.45) is 0 Å². The van der Waals surface area contributed by atoms with E-state index in [1.54, 1.807) is 0 Å². The molecule has 60 valence electrons. The topological polar surface area (TPSA) is 18.5 Å². The van der Waals surface area contributed by atoms with Crippen LogP contribution in [-0.4, -0.2) is 19.0 Å². The number of ether oxygens (including phenoxy) is 2. The monoisotopic (exact) mass is 144 g/mol. The van der Waals surface area contributed by atoms with Crippen molar-refractivity contribution in [3.8, 4) is 0 Å². The minimum atomic E-state index is 0.394. The van der Waals surface area contributed by atoms with Crippen molar-refractivity contribution in [2.45, 2.75) is 45.3 Å². The molecule has 0 aromatic heterocycles. The van der Waals surface area contributed by atoms with E-state index < -0.39 is 0 Å². The molecule has 0 radical (unpaired) electrons. The molecule has 1 heterocycles. The average Bonchev–Trinajstić information content (AvgIpc) is 1.88. The SMILES string of the molecule is CCC[C@@H]1C[C@H](C)OCO1. The van der Waals surface area contributed by atoms with E-state index in [1.807, 2.05) is 0 Å². The summed E-state index contributed by atoms with van der Waals surface area (Å²) in [5.74, 6) is 0. The zero-order chi connectivity index (χ0) is 7.40. The van der Waals surface area contributed by atoms with E-state index in [2.05, 4.69) is 13.8 Å². The van der Waals surface area contributed by atoms with Gasteiger partial charge < -0.3 is 9.47 Å². The molecule has 0 saturated carbocycles. The van der Waals surface area contributed by atoms with Crippen molar-refractivity contribution in [1.82, 2.24) is 0 Å². The Hall–Kier alpha value is -0.0800. The molecular formula is C8H16O2. The number of hydrogen-bond acceptors (Lipinski definition) is 2. The first kappa shape index (κ1) is 8.02. The normalized spacial score (nSPS) is 34.2. The maximum Gasteiger partial charge on any atom is 0.147 e. The molecule has 1 aliphatic heterocycles. The zero-order valence-corrected chi connectivity index (χ0v) is 6.80. The Morgan fingerprint density at radius 1 is 1.40 bits per heavy atom. The first-order valence-electron chi connectivity index (χ1n) is 4.06. The Morgan fingerprint density at radius 3 is 2.80 bits per heavy atom. The molecule has 2 heteroatoms. The smallest absolute Gasteiger partial charge is 0.147 e. The molecule has 0 unspecified atom stereocenters. The molecule has 1 saturated heterocycles. The van der Waals surface area contributed by atoms with E-state index in [9.17, 15) is 0 Å². The van der Waals surface area contributed by atoms with Gasteiger partial charge in [-0.15, -0.1) is 0 Å². The zero-order valence-electron chi connectivity index (χ0n) is 6.80. The van der Waals surface area contributed by atoms with E-state index in [0.29, 0.717) is 19.0 Å². The van der Waals surface area contributed by atoms with Crippen LogP contribution >= 0.6 is 0 Å². The third kappa shape index (κ3) is 2.27. The van der Waals surface area contributed by atoms with E-state index in [0.717, 1.165) is 6.42 Å². The number of rotatable bonds is 2. The summed E-state index contributed by atoms with van der Waals surface area (Å²) in [7, 11) is 0. The summed E-state index contributed by atoms with van der Waals surface area (Å²) in [5, 5.41) is 0. The Balaban J connectivity index is 2.18. The van der Waals surface area contributed by atoms with Gasteiger partial charge in [-0.05, 0) is 19.8 Å². The lowest BCUT2D eigenvalue weighted by molar-refractivity contribution is -0.171. The summed E-state index contributed by atoms with van der Waals surface area (Å²) in [5.41, 5.74) is 0. The van der Waals surface area contributed by atoms with Crippen LogP contribution < -0.4 is 0 Å². The Bertz CT molecular complexity index is 91.3.